The Morgan fingerprint density at radius 1 is 1.73 bits per heavy atom. The molecule has 0 aliphatic rings. The summed E-state index contributed by atoms with van der Waals surface area (Å²) in [4.78, 5) is 10.9. The topological polar surface area (TPSA) is 29.1 Å². The van der Waals surface area contributed by atoms with Crippen molar-refractivity contribution in [3.63, 3.8) is 0 Å². The van der Waals surface area contributed by atoms with E-state index in [0.29, 0.717) is 6.42 Å². The second kappa shape index (κ2) is 3.76. The van der Waals surface area contributed by atoms with E-state index in [4.69, 9.17) is 0 Å². The monoisotopic (exact) mass is 148 g/mol. The first kappa shape index (κ1) is 7.79. The summed E-state index contributed by atoms with van der Waals surface area (Å²) in [5.41, 5.74) is 0.992. The van der Waals surface area contributed by atoms with Crippen LogP contribution in [0.25, 0.3) is 0 Å². The van der Waals surface area contributed by atoms with Gasteiger partial charge in [0, 0.05) is 7.05 Å². The molecule has 1 aromatic carbocycles. The first-order valence-corrected chi connectivity index (χ1v) is 3.48. The van der Waals surface area contributed by atoms with Gasteiger partial charge in [0.1, 0.15) is 0 Å². The third-order valence-corrected chi connectivity index (χ3v) is 1.42. The van der Waals surface area contributed by atoms with Crippen molar-refractivity contribution in [2.75, 3.05) is 7.05 Å². The number of benzene rings is 1. The van der Waals surface area contributed by atoms with E-state index in [1.807, 2.05) is 24.3 Å². The summed E-state index contributed by atoms with van der Waals surface area (Å²) in [6.45, 7) is 0. The molecule has 0 saturated heterocycles. The van der Waals surface area contributed by atoms with Crippen molar-refractivity contribution in [2.45, 2.75) is 6.42 Å². The molecule has 11 heavy (non-hydrogen) atoms. The molecule has 2 heteroatoms. The summed E-state index contributed by atoms with van der Waals surface area (Å²) in [6, 6.07) is 10.3. The fraction of sp³-hybridized carbons (Fsp3) is 0.222. The molecule has 1 radical (unpaired) electrons. The summed E-state index contributed by atoms with van der Waals surface area (Å²) in [6.07, 6.45) is 0.438. The van der Waals surface area contributed by atoms with Gasteiger partial charge in [0.15, 0.2) is 0 Å². The molecule has 0 aromatic heterocycles. The van der Waals surface area contributed by atoms with Crippen molar-refractivity contribution in [1.82, 2.24) is 5.32 Å². The zero-order valence-electron chi connectivity index (χ0n) is 6.42. The number of nitrogens with one attached hydrogen (secondary N) is 1. The first-order chi connectivity index (χ1) is 5.33. The number of amides is 1. The molecule has 0 aliphatic carbocycles. The van der Waals surface area contributed by atoms with Gasteiger partial charge >= 0.3 is 0 Å². The Bertz CT molecular complexity index is 231. The quantitative estimate of drug-likeness (QED) is 0.659. The van der Waals surface area contributed by atoms with Crippen LogP contribution in [0.5, 0.6) is 0 Å². The maximum atomic E-state index is 10.9. The van der Waals surface area contributed by atoms with Crippen LogP contribution in [0.1, 0.15) is 5.56 Å². The van der Waals surface area contributed by atoms with Gasteiger partial charge in [-0.2, -0.15) is 0 Å². The van der Waals surface area contributed by atoms with Gasteiger partial charge in [0.2, 0.25) is 5.91 Å². The number of likely N-dealkylation sites (N-methyl/N-ethyl adjacent to an activating group) is 1. The number of hydrogen-bond acceptors (Lipinski definition) is 1. The van der Waals surface area contributed by atoms with Crippen molar-refractivity contribution < 1.29 is 4.79 Å². The summed E-state index contributed by atoms with van der Waals surface area (Å²) < 4.78 is 0. The predicted octanol–water partition coefficient (Wildman–Crippen LogP) is 0.775. The highest BCUT2D eigenvalue weighted by atomic mass is 16.1. The van der Waals surface area contributed by atoms with Crippen molar-refractivity contribution >= 4 is 5.91 Å². The maximum Gasteiger partial charge on any atom is 0.224 e. The van der Waals surface area contributed by atoms with Gasteiger partial charge in [0.25, 0.3) is 0 Å². The van der Waals surface area contributed by atoms with Gasteiger partial charge in [-0.15, -0.1) is 0 Å². The number of rotatable bonds is 2. The second-order valence-electron chi connectivity index (χ2n) is 2.26. The number of carbonyl (C=O) groups excluding carboxylic acids is 1. The molecular formula is C9H10NO. The van der Waals surface area contributed by atoms with Crippen LogP contribution in [0.2, 0.25) is 0 Å². The van der Waals surface area contributed by atoms with Crippen LogP contribution < -0.4 is 5.32 Å². The van der Waals surface area contributed by atoms with E-state index < -0.39 is 0 Å². The molecule has 0 saturated carbocycles. The summed E-state index contributed by atoms with van der Waals surface area (Å²) in [5.74, 6) is 0.0320. The Kier molecular flexibility index (Phi) is 2.66. The van der Waals surface area contributed by atoms with Gasteiger partial charge in [-0.25, -0.2) is 0 Å². The molecule has 0 atom stereocenters. The molecule has 0 unspecified atom stereocenters. The van der Waals surface area contributed by atoms with Crippen molar-refractivity contribution in [3.05, 3.63) is 35.9 Å². The molecule has 1 amide bonds. The minimum atomic E-state index is 0.0320. The lowest BCUT2D eigenvalue weighted by Crippen LogP contribution is -2.19. The smallest absolute Gasteiger partial charge is 0.224 e. The normalized spacial score (nSPS) is 9.18. The largest absolute Gasteiger partial charge is 0.359 e. The minimum Gasteiger partial charge on any atom is -0.359 e. The molecule has 0 spiro atoms. The minimum absolute atomic E-state index is 0.0320. The number of hydrogen-bond donors (Lipinski definition) is 1. The molecule has 2 nitrogen and oxygen atoms in total. The van der Waals surface area contributed by atoms with E-state index >= 15 is 0 Å². The lowest BCUT2D eigenvalue weighted by atomic mass is 10.1. The van der Waals surface area contributed by atoms with E-state index in [0.717, 1.165) is 5.56 Å². The van der Waals surface area contributed by atoms with E-state index in [1.165, 1.54) is 0 Å². The van der Waals surface area contributed by atoms with Crippen LogP contribution in [-0.2, 0) is 11.2 Å². The molecule has 1 rings (SSSR count). The molecular weight excluding hydrogens is 138 g/mol. The van der Waals surface area contributed by atoms with Crippen LogP contribution in [0.15, 0.2) is 24.3 Å². The average Bonchev–Trinajstić information content (AvgIpc) is 2.06. The van der Waals surface area contributed by atoms with Crippen molar-refractivity contribution in [3.8, 4) is 0 Å². The predicted molar refractivity (Wildman–Crippen MR) is 43.0 cm³/mol. The highest BCUT2D eigenvalue weighted by Gasteiger charge is 1.97. The van der Waals surface area contributed by atoms with Crippen LogP contribution in [0.3, 0.4) is 0 Å². The summed E-state index contributed by atoms with van der Waals surface area (Å²) in [7, 11) is 1.63. The molecule has 57 valence electrons. The molecule has 1 N–H and O–H groups in total. The van der Waals surface area contributed by atoms with Gasteiger partial charge in [-0.1, -0.05) is 24.3 Å². The molecule has 0 bridgehead atoms. The Balaban J connectivity index is 2.58. The first-order valence-electron chi connectivity index (χ1n) is 3.48. The molecule has 0 fully saturated rings. The van der Waals surface area contributed by atoms with Gasteiger partial charge in [0.05, 0.1) is 6.42 Å². The standard InChI is InChI=1S/C9H10NO/c1-10-9(11)7-8-5-3-2-4-6-8/h2-3,5-6H,7H2,1H3,(H,10,11). The summed E-state index contributed by atoms with van der Waals surface area (Å²) >= 11 is 0. The third kappa shape index (κ3) is 2.42. The van der Waals surface area contributed by atoms with Crippen LogP contribution >= 0.6 is 0 Å². The molecule has 0 aliphatic heterocycles. The SMILES string of the molecule is CNC(=O)Cc1c[c]ccc1. The third-order valence-electron chi connectivity index (χ3n) is 1.42. The zero-order valence-corrected chi connectivity index (χ0v) is 6.42. The van der Waals surface area contributed by atoms with Crippen LogP contribution in [-0.4, -0.2) is 13.0 Å². The zero-order chi connectivity index (χ0) is 8.10. The Morgan fingerprint density at radius 2 is 2.55 bits per heavy atom. The average molecular weight is 148 g/mol. The fourth-order valence-corrected chi connectivity index (χ4v) is 0.814. The summed E-state index contributed by atoms with van der Waals surface area (Å²) in [5, 5.41) is 2.56. The highest BCUT2D eigenvalue weighted by Crippen LogP contribution is 1.97. The van der Waals surface area contributed by atoms with E-state index in [2.05, 4.69) is 11.4 Å². The molecule has 0 heterocycles. The van der Waals surface area contributed by atoms with E-state index in [9.17, 15) is 4.79 Å². The lowest BCUT2D eigenvalue weighted by molar-refractivity contribution is -0.119. The Morgan fingerprint density at radius 3 is 3.09 bits per heavy atom. The Hall–Kier alpha value is -1.31. The number of carbonyl (C=O) groups is 1. The second-order valence-corrected chi connectivity index (χ2v) is 2.26. The van der Waals surface area contributed by atoms with Crippen LogP contribution in [0, 0.1) is 6.07 Å². The van der Waals surface area contributed by atoms with E-state index in [1.54, 1.807) is 7.05 Å². The van der Waals surface area contributed by atoms with Gasteiger partial charge in [-0.05, 0) is 11.6 Å². The van der Waals surface area contributed by atoms with Gasteiger partial charge in [-0.3, -0.25) is 4.79 Å². The molecule has 1 aromatic rings. The Labute approximate surface area is 66.2 Å². The van der Waals surface area contributed by atoms with Crippen molar-refractivity contribution in [2.24, 2.45) is 0 Å². The van der Waals surface area contributed by atoms with Crippen molar-refractivity contribution in [1.29, 1.82) is 0 Å². The highest BCUT2D eigenvalue weighted by molar-refractivity contribution is 5.78. The van der Waals surface area contributed by atoms with Gasteiger partial charge < -0.3 is 5.32 Å². The lowest BCUT2D eigenvalue weighted by Gasteiger charge is -1.97. The van der Waals surface area contributed by atoms with E-state index in [-0.39, 0.29) is 5.91 Å². The van der Waals surface area contributed by atoms with Crippen LogP contribution in [0.4, 0.5) is 0 Å². The maximum absolute atomic E-state index is 10.9. The fourth-order valence-electron chi connectivity index (χ4n) is 0.814.